The number of benzene rings is 2. The molecule has 6 heteroatoms. The third-order valence-electron chi connectivity index (χ3n) is 3.96. The quantitative estimate of drug-likeness (QED) is 0.539. The van der Waals surface area contributed by atoms with Crippen molar-refractivity contribution in [2.75, 3.05) is 13.1 Å². The molecule has 2 aromatic rings. The number of amides is 2. The van der Waals surface area contributed by atoms with Gasteiger partial charge in [-0.25, -0.2) is 0 Å². The third kappa shape index (κ3) is 6.25. The van der Waals surface area contributed by atoms with Crippen molar-refractivity contribution in [3.63, 3.8) is 0 Å². The highest BCUT2D eigenvalue weighted by molar-refractivity contribution is 8.14. The van der Waals surface area contributed by atoms with E-state index in [-0.39, 0.29) is 23.5 Å². The van der Waals surface area contributed by atoms with Crippen LogP contribution in [0.5, 0.6) is 0 Å². The lowest BCUT2D eigenvalue weighted by Gasteiger charge is -2.10. The summed E-state index contributed by atoms with van der Waals surface area (Å²) in [6.07, 6.45) is 1.90. The molecule has 0 saturated carbocycles. The van der Waals surface area contributed by atoms with Gasteiger partial charge in [0.15, 0.2) is 0 Å². The largest absolute Gasteiger partial charge is 0.355 e. The van der Waals surface area contributed by atoms with E-state index in [1.54, 1.807) is 30.3 Å². The van der Waals surface area contributed by atoms with Crippen LogP contribution in [-0.2, 0) is 4.79 Å². The smallest absolute Gasteiger partial charge is 0.252 e. The maximum Gasteiger partial charge on any atom is 0.252 e. The lowest BCUT2D eigenvalue weighted by Crippen LogP contribution is -2.37. The SMILES string of the molecule is CCCCNC(=O)CNC(=O)c1ccccc1SC(=O)c1ccccc1C. The van der Waals surface area contributed by atoms with Crippen LogP contribution in [0.3, 0.4) is 0 Å². The third-order valence-corrected chi connectivity index (χ3v) is 4.94. The Morgan fingerprint density at radius 3 is 2.30 bits per heavy atom. The Kier molecular flexibility index (Phi) is 8.07. The topological polar surface area (TPSA) is 75.3 Å². The van der Waals surface area contributed by atoms with Crippen molar-refractivity contribution >= 4 is 28.7 Å². The zero-order chi connectivity index (χ0) is 19.6. The fourth-order valence-electron chi connectivity index (χ4n) is 2.42. The van der Waals surface area contributed by atoms with E-state index in [0.29, 0.717) is 22.6 Å². The van der Waals surface area contributed by atoms with Crippen LogP contribution in [0, 0.1) is 6.92 Å². The summed E-state index contributed by atoms with van der Waals surface area (Å²) < 4.78 is 0. The summed E-state index contributed by atoms with van der Waals surface area (Å²) in [4.78, 5) is 37.4. The molecule has 142 valence electrons. The van der Waals surface area contributed by atoms with Gasteiger partial charge in [-0.3, -0.25) is 14.4 Å². The number of aryl methyl sites for hydroxylation is 1. The Labute approximate surface area is 163 Å². The first-order valence-corrected chi connectivity index (χ1v) is 9.76. The summed E-state index contributed by atoms with van der Waals surface area (Å²) in [5, 5.41) is 5.25. The number of unbranched alkanes of at least 4 members (excludes halogenated alkanes) is 1. The van der Waals surface area contributed by atoms with Gasteiger partial charge in [0, 0.05) is 17.0 Å². The Balaban J connectivity index is 2.02. The predicted octanol–water partition coefficient (Wildman–Crippen LogP) is 3.57. The molecular weight excluding hydrogens is 360 g/mol. The number of nitrogens with one attached hydrogen (secondary N) is 2. The minimum atomic E-state index is -0.374. The molecule has 0 fully saturated rings. The van der Waals surface area contributed by atoms with Crippen molar-refractivity contribution in [2.45, 2.75) is 31.6 Å². The fourth-order valence-corrected chi connectivity index (χ4v) is 3.38. The summed E-state index contributed by atoms with van der Waals surface area (Å²) >= 11 is 1.02. The molecule has 0 saturated heterocycles. The number of hydrogen-bond donors (Lipinski definition) is 2. The number of hydrogen-bond acceptors (Lipinski definition) is 4. The molecule has 0 aromatic heterocycles. The molecule has 0 heterocycles. The van der Waals surface area contributed by atoms with Crippen LogP contribution in [0.25, 0.3) is 0 Å². The molecule has 2 aromatic carbocycles. The second-order valence-electron chi connectivity index (χ2n) is 6.09. The first-order chi connectivity index (χ1) is 13.0. The van der Waals surface area contributed by atoms with Crippen molar-refractivity contribution in [2.24, 2.45) is 0 Å². The second-order valence-corrected chi connectivity index (χ2v) is 7.10. The number of carbonyl (C=O) groups excluding carboxylic acids is 3. The molecule has 2 amide bonds. The number of rotatable bonds is 8. The van der Waals surface area contributed by atoms with Gasteiger partial charge in [-0.15, -0.1) is 0 Å². The zero-order valence-electron chi connectivity index (χ0n) is 15.6. The van der Waals surface area contributed by atoms with Crippen LogP contribution in [-0.4, -0.2) is 30.0 Å². The summed E-state index contributed by atoms with van der Waals surface area (Å²) in [5.41, 5.74) is 1.89. The molecule has 5 nitrogen and oxygen atoms in total. The van der Waals surface area contributed by atoms with Gasteiger partial charge < -0.3 is 10.6 Å². The highest BCUT2D eigenvalue weighted by Crippen LogP contribution is 2.27. The Hall–Kier alpha value is -2.60. The van der Waals surface area contributed by atoms with Crippen LogP contribution in [0.1, 0.15) is 46.0 Å². The zero-order valence-corrected chi connectivity index (χ0v) is 16.4. The molecule has 27 heavy (non-hydrogen) atoms. The maximum atomic E-state index is 12.6. The van der Waals surface area contributed by atoms with E-state index in [9.17, 15) is 14.4 Å². The van der Waals surface area contributed by atoms with E-state index in [2.05, 4.69) is 10.6 Å². The molecule has 0 spiro atoms. The highest BCUT2D eigenvalue weighted by atomic mass is 32.2. The average molecular weight is 385 g/mol. The van der Waals surface area contributed by atoms with Crippen LogP contribution >= 0.6 is 11.8 Å². The molecular formula is C21H24N2O3S. The van der Waals surface area contributed by atoms with Gasteiger partial charge in [0.1, 0.15) is 0 Å². The van der Waals surface area contributed by atoms with Crippen molar-refractivity contribution < 1.29 is 14.4 Å². The monoisotopic (exact) mass is 384 g/mol. The van der Waals surface area contributed by atoms with E-state index < -0.39 is 0 Å². The van der Waals surface area contributed by atoms with Gasteiger partial charge in [0.25, 0.3) is 5.91 Å². The lowest BCUT2D eigenvalue weighted by atomic mass is 10.1. The van der Waals surface area contributed by atoms with Crippen molar-refractivity contribution in [1.29, 1.82) is 0 Å². The molecule has 0 atom stereocenters. The van der Waals surface area contributed by atoms with Crippen molar-refractivity contribution in [3.8, 4) is 0 Å². The standard InChI is InChI=1S/C21H24N2O3S/c1-3-4-13-22-19(24)14-23-20(25)17-11-7-8-12-18(17)27-21(26)16-10-6-5-9-15(16)2/h5-12H,3-4,13-14H2,1-2H3,(H,22,24)(H,23,25). The van der Waals surface area contributed by atoms with Crippen LogP contribution in [0.2, 0.25) is 0 Å². The normalized spacial score (nSPS) is 10.3. The minimum Gasteiger partial charge on any atom is -0.355 e. The fraction of sp³-hybridized carbons (Fsp3) is 0.286. The molecule has 0 aliphatic carbocycles. The van der Waals surface area contributed by atoms with E-state index >= 15 is 0 Å². The van der Waals surface area contributed by atoms with E-state index in [1.165, 1.54) is 0 Å². The molecule has 2 rings (SSSR count). The predicted molar refractivity (Wildman–Crippen MR) is 108 cm³/mol. The van der Waals surface area contributed by atoms with Gasteiger partial charge in [0.2, 0.25) is 11.0 Å². The minimum absolute atomic E-state index is 0.0900. The van der Waals surface area contributed by atoms with Gasteiger partial charge in [0.05, 0.1) is 12.1 Å². The first-order valence-electron chi connectivity index (χ1n) is 8.94. The molecule has 0 bridgehead atoms. The maximum absolute atomic E-state index is 12.6. The summed E-state index contributed by atoms with van der Waals surface area (Å²) in [5.74, 6) is -0.598. The van der Waals surface area contributed by atoms with E-state index in [0.717, 1.165) is 30.2 Å². The summed E-state index contributed by atoms with van der Waals surface area (Å²) in [6.45, 7) is 4.43. The molecule has 0 unspecified atom stereocenters. The average Bonchev–Trinajstić information content (AvgIpc) is 2.67. The Morgan fingerprint density at radius 2 is 1.59 bits per heavy atom. The van der Waals surface area contributed by atoms with Gasteiger partial charge >= 0.3 is 0 Å². The summed E-state index contributed by atoms with van der Waals surface area (Å²) in [7, 11) is 0. The van der Waals surface area contributed by atoms with E-state index in [4.69, 9.17) is 0 Å². The van der Waals surface area contributed by atoms with Crippen LogP contribution < -0.4 is 10.6 Å². The Bertz CT molecular complexity index is 821. The summed E-state index contributed by atoms with van der Waals surface area (Å²) in [6, 6.07) is 14.2. The van der Waals surface area contributed by atoms with Crippen molar-refractivity contribution in [1.82, 2.24) is 10.6 Å². The molecule has 0 aliphatic heterocycles. The number of thioether (sulfide) groups is 1. The molecule has 0 aliphatic rings. The second kappa shape index (κ2) is 10.5. The highest BCUT2D eigenvalue weighted by Gasteiger charge is 2.17. The van der Waals surface area contributed by atoms with Gasteiger partial charge in [-0.1, -0.05) is 49.7 Å². The first kappa shape index (κ1) is 20.7. The molecule has 2 N–H and O–H groups in total. The van der Waals surface area contributed by atoms with Crippen LogP contribution in [0.4, 0.5) is 0 Å². The van der Waals surface area contributed by atoms with Gasteiger partial charge in [-0.05, 0) is 42.8 Å². The van der Waals surface area contributed by atoms with Crippen LogP contribution in [0.15, 0.2) is 53.4 Å². The van der Waals surface area contributed by atoms with E-state index in [1.807, 2.05) is 32.0 Å². The van der Waals surface area contributed by atoms with Crippen molar-refractivity contribution in [3.05, 3.63) is 65.2 Å². The lowest BCUT2D eigenvalue weighted by molar-refractivity contribution is -0.120. The number of carbonyl (C=O) groups is 3. The molecule has 0 radical (unpaired) electrons. The Morgan fingerprint density at radius 1 is 0.926 bits per heavy atom. The van der Waals surface area contributed by atoms with Gasteiger partial charge in [-0.2, -0.15) is 0 Å².